The van der Waals surface area contributed by atoms with Gasteiger partial charge >= 0.3 is 5.97 Å². The zero-order chi connectivity index (χ0) is 19.9. The van der Waals surface area contributed by atoms with Gasteiger partial charge in [-0.25, -0.2) is 4.39 Å². The van der Waals surface area contributed by atoms with E-state index in [0.717, 1.165) is 5.56 Å². The minimum absolute atomic E-state index is 0.0416. The molecule has 0 aliphatic rings. The van der Waals surface area contributed by atoms with Gasteiger partial charge in [0, 0.05) is 11.4 Å². The Morgan fingerprint density at radius 1 is 0.964 bits per heavy atom. The van der Waals surface area contributed by atoms with E-state index in [2.05, 4.69) is 0 Å². The molecular formula is C22H18ClFO4. The van der Waals surface area contributed by atoms with E-state index in [-0.39, 0.29) is 25.2 Å². The number of benzene rings is 3. The summed E-state index contributed by atoms with van der Waals surface area (Å²) in [5.41, 5.74) is 1.44. The molecule has 0 fully saturated rings. The zero-order valence-corrected chi connectivity index (χ0v) is 15.7. The SMILES string of the molecule is O=C(O)CCc1ccc(OCc2cccc(Oc3ccc(Cl)cc3)c2)c(F)c1. The lowest BCUT2D eigenvalue weighted by atomic mass is 10.1. The third-order valence-corrected chi connectivity index (χ3v) is 4.22. The molecule has 144 valence electrons. The molecule has 0 aromatic heterocycles. The van der Waals surface area contributed by atoms with Crippen molar-refractivity contribution in [3.05, 3.63) is 88.7 Å². The van der Waals surface area contributed by atoms with E-state index in [4.69, 9.17) is 26.2 Å². The minimum Gasteiger partial charge on any atom is -0.486 e. The van der Waals surface area contributed by atoms with Crippen LogP contribution in [0.15, 0.2) is 66.7 Å². The highest BCUT2D eigenvalue weighted by molar-refractivity contribution is 6.30. The highest BCUT2D eigenvalue weighted by atomic mass is 35.5. The van der Waals surface area contributed by atoms with Crippen molar-refractivity contribution in [3.63, 3.8) is 0 Å². The van der Waals surface area contributed by atoms with E-state index in [1.54, 1.807) is 30.3 Å². The molecule has 0 radical (unpaired) electrons. The van der Waals surface area contributed by atoms with Crippen LogP contribution in [-0.2, 0) is 17.8 Å². The van der Waals surface area contributed by atoms with Gasteiger partial charge in [0.1, 0.15) is 18.1 Å². The second kappa shape index (κ2) is 9.24. The van der Waals surface area contributed by atoms with Crippen LogP contribution in [0, 0.1) is 5.82 Å². The van der Waals surface area contributed by atoms with Gasteiger partial charge in [-0.05, 0) is 66.1 Å². The molecule has 1 N–H and O–H groups in total. The highest BCUT2D eigenvalue weighted by Crippen LogP contribution is 2.25. The van der Waals surface area contributed by atoms with Gasteiger partial charge in [0.25, 0.3) is 0 Å². The van der Waals surface area contributed by atoms with Crippen LogP contribution in [-0.4, -0.2) is 11.1 Å². The van der Waals surface area contributed by atoms with Crippen molar-refractivity contribution in [2.75, 3.05) is 0 Å². The molecule has 0 amide bonds. The number of hydrogen-bond acceptors (Lipinski definition) is 3. The average Bonchev–Trinajstić information content (AvgIpc) is 2.68. The number of carboxylic acids is 1. The molecule has 6 heteroatoms. The van der Waals surface area contributed by atoms with Crippen molar-refractivity contribution in [2.24, 2.45) is 0 Å². The van der Waals surface area contributed by atoms with Crippen molar-refractivity contribution in [1.82, 2.24) is 0 Å². The molecule has 3 rings (SSSR count). The first-order chi connectivity index (χ1) is 13.5. The predicted molar refractivity (Wildman–Crippen MR) is 105 cm³/mol. The molecule has 0 aliphatic heterocycles. The molecule has 4 nitrogen and oxygen atoms in total. The molecule has 0 bridgehead atoms. The van der Waals surface area contributed by atoms with Crippen LogP contribution in [0.5, 0.6) is 17.2 Å². The third-order valence-electron chi connectivity index (χ3n) is 3.97. The molecule has 28 heavy (non-hydrogen) atoms. The van der Waals surface area contributed by atoms with Gasteiger partial charge in [-0.2, -0.15) is 0 Å². The Hall–Kier alpha value is -3.05. The molecule has 0 saturated carbocycles. The molecule has 3 aromatic carbocycles. The summed E-state index contributed by atoms with van der Waals surface area (Å²) in [5.74, 6) is -0.0284. The lowest BCUT2D eigenvalue weighted by Gasteiger charge is -2.10. The summed E-state index contributed by atoms with van der Waals surface area (Å²) >= 11 is 5.86. The van der Waals surface area contributed by atoms with Gasteiger partial charge in [-0.1, -0.05) is 29.8 Å². The Labute approximate surface area is 167 Å². The number of ether oxygens (including phenoxy) is 2. The van der Waals surface area contributed by atoms with E-state index < -0.39 is 11.8 Å². The Morgan fingerprint density at radius 3 is 2.46 bits per heavy atom. The normalized spacial score (nSPS) is 10.5. The lowest BCUT2D eigenvalue weighted by molar-refractivity contribution is -0.136. The number of aliphatic carboxylic acids is 1. The van der Waals surface area contributed by atoms with Crippen LogP contribution in [0.1, 0.15) is 17.5 Å². The summed E-state index contributed by atoms with van der Waals surface area (Å²) in [5, 5.41) is 9.33. The standard InChI is InChI=1S/C22H18ClFO4/c23-17-6-8-18(9-7-17)28-19-3-1-2-16(12-19)14-27-21-10-4-15(13-20(21)24)5-11-22(25)26/h1-4,6-10,12-13H,5,11,14H2,(H,25,26). The van der Waals surface area contributed by atoms with Gasteiger partial charge in [-0.3, -0.25) is 4.79 Å². The maximum Gasteiger partial charge on any atom is 0.303 e. The summed E-state index contributed by atoms with van der Waals surface area (Å²) < 4.78 is 25.5. The van der Waals surface area contributed by atoms with Crippen molar-refractivity contribution in [2.45, 2.75) is 19.4 Å². The minimum atomic E-state index is -0.915. The van der Waals surface area contributed by atoms with Crippen LogP contribution in [0.25, 0.3) is 0 Å². The monoisotopic (exact) mass is 400 g/mol. The molecule has 0 saturated heterocycles. The number of aryl methyl sites for hydroxylation is 1. The fraction of sp³-hybridized carbons (Fsp3) is 0.136. The second-order valence-corrected chi connectivity index (χ2v) is 6.59. The fourth-order valence-electron chi connectivity index (χ4n) is 2.57. The fourth-order valence-corrected chi connectivity index (χ4v) is 2.69. The second-order valence-electron chi connectivity index (χ2n) is 6.15. The summed E-state index contributed by atoms with van der Waals surface area (Å²) in [6, 6.07) is 18.8. The molecule has 0 spiro atoms. The molecular weight excluding hydrogens is 383 g/mol. The summed E-state index contributed by atoms with van der Waals surface area (Å²) in [7, 11) is 0. The summed E-state index contributed by atoms with van der Waals surface area (Å²) in [6.45, 7) is 0.170. The first-order valence-electron chi connectivity index (χ1n) is 8.65. The van der Waals surface area contributed by atoms with Gasteiger partial charge in [0.2, 0.25) is 0 Å². The van der Waals surface area contributed by atoms with Crippen LogP contribution >= 0.6 is 11.6 Å². The van der Waals surface area contributed by atoms with E-state index in [1.807, 2.05) is 24.3 Å². The van der Waals surface area contributed by atoms with Gasteiger partial charge < -0.3 is 14.6 Å². The Morgan fingerprint density at radius 2 is 1.75 bits per heavy atom. The number of carbonyl (C=O) groups is 1. The molecule has 0 aliphatic carbocycles. The van der Waals surface area contributed by atoms with Crippen LogP contribution < -0.4 is 9.47 Å². The first kappa shape index (κ1) is 19.7. The number of carboxylic acid groups (broad SMARTS) is 1. The van der Waals surface area contributed by atoms with Crippen molar-refractivity contribution in [1.29, 1.82) is 0 Å². The zero-order valence-electron chi connectivity index (χ0n) is 14.9. The molecule has 3 aromatic rings. The van der Waals surface area contributed by atoms with E-state index in [1.165, 1.54) is 12.1 Å². The van der Waals surface area contributed by atoms with E-state index in [9.17, 15) is 9.18 Å². The predicted octanol–water partition coefficient (Wildman–Crippen LogP) is 5.87. The maximum absolute atomic E-state index is 14.2. The first-order valence-corrected chi connectivity index (χ1v) is 9.03. The quantitative estimate of drug-likeness (QED) is 0.514. The van der Waals surface area contributed by atoms with Gasteiger partial charge in [-0.15, -0.1) is 0 Å². The van der Waals surface area contributed by atoms with Crippen molar-refractivity contribution < 1.29 is 23.8 Å². The Balaban J connectivity index is 1.61. The smallest absolute Gasteiger partial charge is 0.303 e. The van der Waals surface area contributed by atoms with Crippen LogP contribution in [0.4, 0.5) is 4.39 Å². The van der Waals surface area contributed by atoms with Gasteiger partial charge in [0.05, 0.1) is 0 Å². The number of rotatable bonds is 8. The Bertz CT molecular complexity index is 957. The topological polar surface area (TPSA) is 55.8 Å². The van der Waals surface area contributed by atoms with Crippen LogP contribution in [0.2, 0.25) is 5.02 Å². The molecule has 0 unspecified atom stereocenters. The van der Waals surface area contributed by atoms with Crippen molar-refractivity contribution in [3.8, 4) is 17.2 Å². The van der Waals surface area contributed by atoms with Crippen molar-refractivity contribution >= 4 is 17.6 Å². The van der Waals surface area contributed by atoms with E-state index in [0.29, 0.717) is 22.1 Å². The molecule has 0 heterocycles. The molecule has 0 atom stereocenters. The number of halogens is 2. The largest absolute Gasteiger partial charge is 0.486 e. The van der Waals surface area contributed by atoms with Crippen LogP contribution in [0.3, 0.4) is 0 Å². The van der Waals surface area contributed by atoms with E-state index >= 15 is 0 Å². The third kappa shape index (κ3) is 5.72. The summed E-state index contributed by atoms with van der Waals surface area (Å²) in [4.78, 5) is 10.6. The maximum atomic E-state index is 14.2. The number of hydrogen-bond donors (Lipinski definition) is 1. The average molecular weight is 401 g/mol. The highest BCUT2D eigenvalue weighted by Gasteiger charge is 2.07. The Kier molecular flexibility index (Phi) is 6.50. The lowest BCUT2D eigenvalue weighted by Crippen LogP contribution is -2.00. The van der Waals surface area contributed by atoms with Gasteiger partial charge in [0.15, 0.2) is 11.6 Å². The summed E-state index contributed by atoms with van der Waals surface area (Å²) in [6.07, 6.45) is 0.233.